The van der Waals surface area contributed by atoms with Gasteiger partial charge in [-0.1, -0.05) is 35.3 Å². The highest BCUT2D eigenvalue weighted by atomic mass is 35.5. The van der Waals surface area contributed by atoms with Crippen LogP contribution in [0.4, 0.5) is 17.1 Å². The lowest BCUT2D eigenvalue weighted by Gasteiger charge is -2.17. The summed E-state index contributed by atoms with van der Waals surface area (Å²) >= 11 is 12.1. The molecule has 1 unspecified atom stereocenters. The third kappa shape index (κ3) is 4.68. The van der Waals surface area contributed by atoms with Crippen LogP contribution >= 0.6 is 23.2 Å². The van der Waals surface area contributed by atoms with Crippen molar-refractivity contribution < 1.29 is 9.59 Å². The fourth-order valence-corrected chi connectivity index (χ4v) is 2.78. The third-order valence-corrected chi connectivity index (χ3v) is 4.88. The lowest BCUT2D eigenvalue weighted by Crippen LogP contribution is -2.32. The summed E-state index contributed by atoms with van der Waals surface area (Å²) in [6, 6.07) is 11.8. The maximum absolute atomic E-state index is 12.4. The van der Waals surface area contributed by atoms with Crippen molar-refractivity contribution in [2.24, 2.45) is 5.92 Å². The van der Waals surface area contributed by atoms with E-state index in [-0.39, 0.29) is 17.7 Å². The number of carbonyl (C=O) groups is 2. The first-order valence-electron chi connectivity index (χ1n) is 8.36. The Morgan fingerprint density at radius 3 is 2.46 bits per heavy atom. The SMILES string of the molecule is CC(Nc1cccc(NC(=O)C2CC2)c1)C(=O)Nc1cccc(Cl)c1Cl. The molecule has 5 nitrogen and oxygen atoms in total. The first-order chi connectivity index (χ1) is 12.4. The minimum Gasteiger partial charge on any atom is -0.374 e. The van der Waals surface area contributed by atoms with Gasteiger partial charge < -0.3 is 16.0 Å². The number of carbonyl (C=O) groups excluding carboxylic acids is 2. The summed E-state index contributed by atoms with van der Waals surface area (Å²) in [4.78, 5) is 24.3. The number of anilines is 3. The normalized spacial score (nSPS) is 14.4. The number of halogens is 2. The maximum atomic E-state index is 12.4. The first kappa shape index (κ1) is 18.5. The Kier molecular flexibility index (Phi) is 5.69. The van der Waals surface area contributed by atoms with Gasteiger partial charge in [-0.2, -0.15) is 0 Å². The number of rotatable bonds is 6. The Hall–Kier alpha value is -2.24. The Balaban J connectivity index is 1.61. The minimum atomic E-state index is -0.514. The van der Waals surface area contributed by atoms with E-state index >= 15 is 0 Å². The highest BCUT2D eigenvalue weighted by Gasteiger charge is 2.29. The fourth-order valence-electron chi connectivity index (χ4n) is 2.43. The van der Waals surface area contributed by atoms with Crippen molar-refractivity contribution in [2.75, 3.05) is 16.0 Å². The van der Waals surface area contributed by atoms with Crippen molar-refractivity contribution in [3.05, 3.63) is 52.5 Å². The Morgan fingerprint density at radius 1 is 1.04 bits per heavy atom. The molecule has 2 aromatic carbocycles. The van der Waals surface area contributed by atoms with Crippen LogP contribution in [0.3, 0.4) is 0 Å². The van der Waals surface area contributed by atoms with E-state index in [9.17, 15) is 9.59 Å². The van der Waals surface area contributed by atoms with Gasteiger partial charge in [-0.25, -0.2) is 0 Å². The smallest absolute Gasteiger partial charge is 0.246 e. The van der Waals surface area contributed by atoms with E-state index in [1.807, 2.05) is 18.2 Å². The van der Waals surface area contributed by atoms with E-state index in [0.717, 1.165) is 18.5 Å². The fraction of sp³-hybridized carbons (Fsp3) is 0.263. The zero-order chi connectivity index (χ0) is 18.7. The topological polar surface area (TPSA) is 70.2 Å². The van der Waals surface area contributed by atoms with Gasteiger partial charge in [-0.3, -0.25) is 9.59 Å². The maximum Gasteiger partial charge on any atom is 0.246 e. The van der Waals surface area contributed by atoms with Crippen molar-refractivity contribution in [3.63, 3.8) is 0 Å². The van der Waals surface area contributed by atoms with E-state index in [1.54, 1.807) is 31.2 Å². The molecule has 0 aromatic heterocycles. The van der Waals surface area contributed by atoms with Crippen molar-refractivity contribution in [1.29, 1.82) is 0 Å². The molecular weight excluding hydrogens is 373 g/mol. The van der Waals surface area contributed by atoms with Gasteiger partial charge in [0.1, 0.15) is 6.04 Å². The molecular formula is C19H19Cl2N3O2. The van der Waals surface area contributed by atoms with Crippen LogP contribution in [-0.2, 0) is 9.59 Å². The molecule has 0 bridgehead atoms. The second kappa shape index (κ2) is 7.98. The molecule has 1 fully saturated rings. The highest BCUT2D eigenvalue weighted by Crippen LogP contribution is 2.31. The van der Waals surface area contributed by atoms with Crippen molar-refractivity contribution in [3.8, 4) is 0 Å². The van der Waals surface area contributed by atoms with E-state index in [2.05, 4.69) is 16.0 Å². The molecule has 0 saturated heterocycles. The van der Waals surface area contributed by atoms with E-state index in [1.165, 1.54) is 0 Å². The van der Waals surface area contributed by atoms with Crippen LogP contribution < -0.4 is 16.0 Å². The predicted molar refractivity (Wildman–Crippen MR) is 106 cm³/mol. The summed E-state index contributed by atoms with van der Waals surface area (Å²) in [6.45, 7) is 1.74. The summed E-state index contributed by atoms with van der Waals surface area (Å²) < 4.78 is 0. The third-order valence-electron chi connectivity index (χ3n) is 4.06. The standard InChI is InChI=1S/C19H19Cl2N3O2/c1-11(18(25)24-16-7-3-6-15(20)17(16)21)22-13-4-2-5-14(10-13)23-19(26)12-8-9-12/h2-7,10-12,22H,8-9H2,1H3,(H,23,26)(H,24,25). The van der Waals surface area contributed by atoms with Gasteiger partial charge in [0, 0.05) is 17.3 Å². The molecule has 26 heavy (non-hydrogen) atoms. The van der Waals surface area contributed by atoms with E-state index < -0.39 is 6.04 Å². The second-order valence-corrected chi connectivity index (χ2v) is 7.09. The van der Waals surface area contributed by atoms with Gasteiger partial charge in [0.2, 0.25) is 11.8 Å². The molecule has 136 valence electrons. The monoisotopic (exact) mass is 391 g/mol. The average molecular weight is 392 g/mol. The van der Waals surface area contributed by atoms with Crippen LogP contribution in [0.5, 0.6) is 0 Å². The number of amides is 2. The summed E-state index contributed by atoms with van der Waals surface area (Å²) in [7, 11) is 0. The molecule has 1 saturated carbocycles. The van der Waals surface area contributed by atoms with Gasteiger partial charge in [-0.15, -0.1) is 0 Å². The molecule has 0 aliphatic heterocycles. The lowest BCUT2D eigenvalue weighted by atomic mass is 10.2. The highest BCUT2D eigenvalue weighted by molar-refractivity contribution is 6.44. The van der Waals surface area contributed by atoms with Crippen molar-refractivity contribution in [1.82, 2.24) is 0 Å². The van der Waals surface area contributed by atoms with Gasteiger partial charge in [0.05, 0.1) is 15.7 Å². The predicted octanol–water partition coefficient (Wildman–Crippen LogP) is 4.78. The van der Waals surface area contributed by atoms with Crippen LogP contribution in [-0.4, -0.2) is 17.9 Å². The number of nitrogens with one attached hydrogen (secondary N) is 3. The Labute approximate surface area is 162 Å². The minimum absolute atomic E-state index is 0.0449. The zero-order valence-electron chi connectivity index (χ0n) is 14.2. The lowest BCUT2D eigenvalue weighted by molar-refractivity contribution is -0.117. The van der Waals surface area contributed by atoms with E-state index in [0.29, 0.717) is 21.4 Å². The first-order valence-corrected chi connectivity index (χ1v) is 9.12. The molecule has 1 atom stereocenters. The molecule has 2 amide bonds. The molecule has 3 N–H and O–H groups in total. The molecule has 0 radical (unpaired) electrons. The van der Waals surface area contributed by atoms with Crippen LogP contribution in [0.1, 0.15) is 19.8 Å². The molecule has 0 heterocycles. The largest absolute Gasteiger partial charge is 0.374 e. The summed E-state index contributed by atoms with van der Waals surface area (Å²) in [5.74, 6) is -0.0658. The zero-order valence-corrected chi connectivity index (χ0v) is 15.7. The molecule has 1 aliphatic carbocycles. The number of benzene rings is 2. The quantitative estimate of drug-likeness (QED) is 0.663. The van der Waals surface area contributed by atoms with Crippen LogP contribution in [0.25, 0.3) is 0 Å². The van der Waals surface area contributed by atoms with Gasteiger partial charge >= 0.3 is 0 Å². The van der Waals surface area contributed by atoms with Gasteiger partial charge in [0.25, 0.3) is 0 Å². The van der Waals surface area contributed by atoms with Crippen molar-refractivity contribution in [2.45, 2.75) is 25.8 Å². The van der Waals surface area contributed by atoms with Gasteiger partial charge in [0.15, 0.2) is 0 Å². The van der Waals surface area contributed by atoms with Crippen LogP contribution in [0.2, 0.25) is 10.0 Å². The van der Waals surface area contributed by atoms with E-state index in [4.69, 9.17) is 23.2 Å². The summed E-state index contributed by atoms with van der Waals surface area (Å²) in [5.41, 5.74) is 1.90. The Bertz CT molecular complexity index is 837. The van der Waals surface area contributed by atoms with Crippen molar-refractivity contribution >= 4 is 52.1 Å². The number of hydrogen-bond acceptors (Lipinski definition) is 3. The average Bonchev–Trinajstić information content (AvgIpc) is 3.44. The Morgan fingerprint density at radius 2 is 1.73 bits per heavy atom. The summed E-state index contributed by atoms with van der Waals surface area (Å²) in [5, 5.41) is 9.44. The molecule has 3 rings (SSSR count). The number of hydrogen-bond donors (Lipinski definition) is 3. The van der Waals surface area contributed by atoms with Gasteiger partial charge in [-0.05, 0) is 50.1 Å². The summed E-state index contributed by atoms with van der Waals surface area (Å²) in [6.07, 6.45) is 1.90. The van der Waals surface area contributed by atoms with Crippen LogP contribution in [0.15, 0.2) is 42.5 Å². The molecule has 2 aromatic rings. The molecule has 7 heteroatoms. The van der Waals surface area contributed by atoms with Crippen LogP contribution in [0, 0.1) is 5.92 Å². The molecule has 0 spiro atoms. The second-order valence-electron chi connectivity index (χ2n) is 6.30. The molecule has 1 aliphatic rings.